The van der Waals surface area contributed by atoms with Crippen LogP contribution in [0.2, 0.25) is 0 Å². The molecule has 4 rings (SSSR count). The summed E-state index contributed by atoms with van der Waals surface area (Å²) >= 11 is 0. The zero-order valence-electron chi connectivity index (χ0n) is 31.3. The molecule has 0 aromatic heterocycles. The Morgan fingerprint density at radius 2 is 0.809 bits per heavy atom. The lowest BCUT2D eigenvalue weighted by molar-refractivity contribution is 0.0396. The molecular formula is C44H76N2O. The van der Waals surface area contributed by atoms with Crippen LogP contribution in [0.4, 0.5) is 0 Å². The van der Waals surface area contributed by atoms with Crippen LogP contribution in [0.3, 0.4) is 0 Å². The molecule has 0 bridgehead atoms. The van der Waals surface area contributed by atoms with Crippen molar-refractivity contribution in [1.29, 1.82) is 10.5 Å². The van der Waals surface area contributed by atoms with Gasteiger partial charge < -0.3 is 4.74 Å². The monoisotopic (exact) mass is 649 g/mol. The van der Waals surface area contributed by atoms with Crippen LogP contribution < -0.4 is 0 Å². The zero-order valence-corrected chi connectivity index (χ0v) is 31.3. The Morgan fingerprint density at radius 1 is 0.468 bits per heavy atom. The van der Waals surface area contributed by atoms with Crippen molar-refractivity contribution in [2.45, 2.75) is 194 Å². The van der Waals surface area contributed by atoms with E-state index in [1.807, 2.05) is 0 Å². The number of hydrogen-bond donors (Lipinski definition) is 0. The molecule has 4 fully saturated rings. The summed E-state index contributed by atoms with van der Waals surface area (Å²) in [4.78, 5) is 0. The van der Waals surface area contributed by atoms with Crippen molar-refractivity contribution in [2.75, 3.05) is 13.2 Å². The van der Waals surface area contributed by atoms with Gasteiger partial charge in [-0.1, -0.05) is 104 Å². The van der Waals surface area contributed by atoms with E-state index >= 15 is 0 Å². The van der Waals surface area contributed by atoms with Gasteiger partial charge in [0.05, 0.1) is 12.1 Å². The molecule has 0 spiro atoms. The molecule has 0 amide bonds. The van der Waals surface area contributed by atoms with Crippen molar-refractivity contribution < 1.29 is 4.74 Å². The highest BCUT2D eigenvalue weighted by Crippen LogP contribution is 2.46. The summed E-state index contributed by atoms with van der Waals surface area (Å²) in [7, 11) is 0. The fourth-order valence-corrected chi connectivity index (χ4v) is 11.1. The van der Waals surface area contributed by atoms with E-state index in [2.05, 4.69) is 26.0 Å². The molecule has 4 aliphatic carbocycles. The summed E-state index contributed by atoms with van der Waals surface area (Å²) in [6.07, 6.45) is 37.9. The van der Waals surface area contributed by atoms with Crippen molar-refractivity contribution >= 4 is 0 Å². The molecule has 0 aromatic rings. The maximum Gasteiger partial charge on any atom is 0.0655 e. The predicted octanol–water partition coefficient (Wildman–Crippen LogP) is 13.2. The van der Waals surface area contributed by atoms with Crippen molar-refractivity contribution in [1.82, 2.24) is 0 Å². The average Bonchev–Trinajstić information content (AvgIpc) is 3.13. The van der Waals surface area contributed by atoms with Crippen LogP contribution in [0.1, 0.15) is 194 Å². The van der Waals surface area contributed by atoms with Crippen LogP contribution in [-0.2, 0) is 4.74 Å². The molecule has 0 heterocycles. The standard InChI is InChI=1S/C44H76N2O/c1-3-5-7-9-11-35-13-21-39(22-14-35)43(41-25-17-37(33-45)18-26-41)29-31-47-32-30-44(42-27-19-38(34-46)20-28-42)40-23-15-36(16-24-40)12-10-8-6-4-2/h35-44H,3-32H2,1-2H3. The van der Waals surface area contributed by atoms with Crippen LogP contribution >= 0.6 is 0 Å². The molecular weight excluding hydrogens is 572 g/mol. The second kappa shape index (κ2) is 22.6. The third kappa shape index (κ3) is 13.3. The molecule has 0 saturated heterocycles. The molecule has 4 saturated carbocycles. The largest absolute Gasteiger partial charge is 0.381 e. The van der Waals surface area contributed by atoms with E-state index in [9.17, 15) is 10.5 Å². The lowest BCUT2D eigenvalue weighted by Crippen LogP contribution is -2.32. The Hall–Kier alpha value is -1.06. The minimum Gasteiger partial charge on any atom is -0.381 e. The first kappa shape index (κ1) is 38.7. The van der Waals surface area contributed by atoms with Gasteiger partial charge in [-0.3, -0.25) is 0 Å². The normalized spacial score (nSPS) is 33.0. The van der Waals surface area contributed by atoms with E-state index in [0.717, 1.165) is 86.2 Å². The van der Waals surface area contributed by atoms with Crippen molar-refractivity contribution in [3.05, 3.63) is 0 Å². The lowest BCUT2D eigenvalue weighted by atomic mass is 9.65. The molecule has 268 valence electrons. The van der Waals surface area contributed by atoms with Crippen molar-refractivity contribution in [3.8, 4) is 12.1 Å². The molecule has 47 heavy (non-hydrogen) atoms. The number of hydrogen-bond acceptors (Lipinski definition) is 3. The van der Waals surface area contributed by atoms with Crippen molar-refractivity contribution in [2.24, 2.45) is 59.2 Å². The van der Waals surface area contributed by atoms with E-state index < -0.39 is 0 Å². The Labute approximate surface area is 292 Å². The molecule has 2 unspecified atom stereocenters. The van der Waals surface area contributed by atoms with Gasteiger partial charge in [-0.05, 0) is 137 Å². The van der Waals surface area contributed by atoms with E-state index in [1.54, 1.807) is 0 Å². The van der Waals surface area contributed by atoms with Gasteiger partial charge in [0.1, 0.15) is 0 Å². The number of nitrogens with zero attached hydrogens (tertiary/aromatic N) is 2. The van der Waals surface area contributed by atoms with Crippen LogP contribution in [-0.4, -0.2) is 13.2 Å². The minimum absolute atomic E-state index is 0.304. The first-order valence-electron chi connectivity index (χ1n) is 21.5. The van der Waals surface area contributed by atoms with Gasteiger partial charge in [0.15, 0.2) is 0 Å². The van der Waals surface area contributed by atoms with Crippen LogP contribution in [0.5, 0.6) is 0 Å². The fourth-order valence-electron chi connectivity index (χ4n) is 11.1. The van der Waals surface area contributed by atoms with Gasteiger partial charge in [-0.25, -0.2) is 0 Å². The number of nitriles is 2. The van der Waals surface area contributed by atoms with Gasteiger partial charge >= 0.3 is 0 Å². The van der Waals surface area contributed by atoms with Gasteiger partial charge in [0, 0.05) is 25.0 Å². The van der Waals surface area contributed by atoms with Crippen LogP contribution in [0, 0.1) is 81.8 Å². The Balaban J connectivity index is 1.25. The van der Waals surface area contributed by atoms with Gasteiger partial charge in [-0.15, -0.1) is 0 Å². The number of unbranched alkanes of at least 4 members (excludes halogenated alkanes) is 6. The molecule has 0 radical (unpaired) electrons. The second-order valence-corrected chi connectivity index (χ2v) is 17.3. The quantitative estimate of drug-likeness (QED) is 0.123. The topological polar surface area (TPSA) is 56.8 Å². The Kier molecular flexibility index (Phi) is 18.6. The highest BCUT2D eigenvalue weighted by molar-refractivity contribution is 4.92. The van der Waals surface area contributed by atoms with Gasteiger partial charge in [-0.2, -0.15) is 10.5 Å². The minimum atomic E-state index is 0.304. The van der Waals surface area contributed by atoms with Crippen LogP contribution in [0.25, 0.3) is 0 Å². The summed E-state index contributed by atoms with van der Waals surface area (Å²) < 4.78 is 6.63. The molecule has 0 N–H and O–H groups in total. The molecule has 3 nitrogen and oxygen atoms in total. The lowest BCUT2D eigenvalue weighted by Gasteiger charge is -2.41. The Morgan fingerprint density at radius 3 is 1.13 bits per heavy atom. The van der Waals surface area contributed by atoms with Gasteiger partial charge in [0.2, 0.25) is 0 Å². The van der Waals surface area contributed by atoms with E-state index in [0.29, 0.717) is 11.8 Å². The van der Waals surface area contributed by atoms with Crippen LogP contribution in [0.15, 0.2) is 0 Å². The SMILES string of the molecule is CCCCCCC1CCC(C(CCOCCC(C2CCC(C#N)CC2)C2CCC(CCCCCC)CC2)C2CCC(C#N)CC2)CC1. The third-order valence-electron chi connectivity index (χ3n) is 14.2. The molecule has 2 atom stereocenters. The molecule has 4 aliphatic rings. The smallest absolute Gasteiger partial charge is 0.0655 e. The maximum atomic E-state index is 9.54. The molecule has 0 aromatic carbocycles. The summed E-state index contributed by atoms with van der Waals surface area (Å²) in [6, 6.07) is 5.16. The summed E-state index contributed by atoms with van der Waals surface area (Å²) in [5, 5.41) is 19.1. The summed E-state index contributed by atoms with van der Waals surface area (Å²) in [6.45, 7) is 6.53. The van der Waals surface area contributed by atoms with E-state index in [-0.39, 0.29) is 0 Å². The molecule has 0 aliphatic heterocycles. The highest BCUT2D eigenvalue weighted by Gasteiger charge is 2.36. The summed E-state index contributed by atoms with van der Waals surface area (Å²) in [5.74, 6) is 7.57. The van der Waals surface area contributed by atoms with Gasteiger partial charge in [0.25, 0.3) is 0 Å². The second-order valence-electron chi connectivity index (χ2n) is 17.3. The Bertz CT molecular complexity index is 800. The molecule has 3 heteroatoms. The average molecular weight is 649 g/mol. The maximum absolute atomic E-state index is 9.54. The predicted molar refractivity (Wildman–Crippen MR) is 198 cm³/mol. The highest BCUT2D eigenvalue weighted by atomic mass is 16.5. The third-order valence-corrected chi connectivity index (χ3v) is 14.2. The first-order valence-corrected chi connectivity index (χ1v) is 21.5. The number of rotatable bonds is 20. The number of ether oxygens (including phenoxy) is 1. The van der Waals surface area contributed by atoms with Crippen molar-refractivity contribution in [3.63, 3.8) is 0 Å². The van der Waals surface area contributed by atoms with E-state index in [4.69, 9.17) is 4.74 Å². The zero-order chi connectivity index (χ0) is 33.1. The van der Waals surface area contributed by atoms with E-state index in [1.165, 1.54) is 154 Å². The fraction of sp³-hybridized carbons (Fsp3) is 0.955. The first-order chi connectivity index (χ1) is 23.1. The summed E-state index contributed by atoms with van der Waals surface area (Å²) in [5.41, 5.74) is 0.